The molecule has 0 saturated heterocycles. The topological polar surface area (TPSA) is 134 Å². The van der Waals surface area contributed by atoms with Gasteiger partial charge >= 0.3 is 11.9 Å². The quantitative estimate of drug-likeness (QED) is 0.0274. The van der Waals surface area contributed by atoms with Crippen LogP contribution in [0.15, 0.2) is 48.6 Å². The van der Waals surface area contributed by atoms with Gasteiger partial charge in [-0.05, 0) is 31.6 Å². The minimum absolute atomic E-state index is 0.0324. The van der Waals surface area contributed by atoms with Crippen molar-refractivity contribution in [2.75, 3.05) is 13.2 Å². The Morgan fingerprint density at radius 3 is 1.38 bits per heavy atom. The highest BCUT2D eigenvalue weighted by Gasteiger charge is 2.15. The van der Waals surface area contributed by atoms with Gasteiger partial charge in [0, 0.05) is 12.8 Å². The monoisotopic (exact) mass is 791 g/mol. The highest BCUT2D eigenvalue weighted by molar-refractivity contribution is 5.69. The van der Waals surface area contributed by atoms with E-state index < -0.39 is 30.4 Å². The summed E-state index contributed by atoms with van der Waals surface area (Å²) < 4.78 is 10.2. The summed E-state index contributed by atoms with van der Waals surface area (Å²) >= 11 is 0. The van der Waals surface area contributed by atoms with Crippen LogP contribution >= 0.6 is 0 Å². The van der Waals surface area contributed by atoms with Crippen LogP contribution in [0.25, 0.3) is 0 Å². The van der Waals surface area contributed by atoms with E-state index in [0.717, 1.165) is 50.9 Å². The van der Waals surface area contributed by atoms with Crippen molar-refractivity contribution in [2.24, 2.45) is 5.92 Å². The Hall–Kier alpha value is -2.26. The molecule has 0 aromatic carbocycles. The van der Waals surface area contributed by atoms with E-state index in [-0.39, 0.29) is 32.0 Å². The number of carbonyl (C=O) groups is 2. The summed E-state index contributed by atoms with van der Waals surface area (Å²) in [5.74, 6) is 0.0245. The smallest absolute Gasteiger partial charge is 0.305 e. The van der Waals surface area contributed by atoms with Gasteiger partial charge in [-0.1, -0.05) is 211 Å². The van der Waals surface area contributed by atoms with Gasteiger partial charge in [-0.3, -0.25) is 9.59 Å². The van der Waals surface area contributed by atoms with Crippen molar-refractivity contribution >= 4 is 11.9 Å². The van der Waals surface area contributed by atoms with Crippen LogP contribution in [0.4, 0.5) is 0 Å². The van der Waals surface area contributed by atoms with E-state index in [1.165, 1.54) is 115 Å². The molecule has 1 unspecified atom stereocenters. The fourth-order valence-electron chi connectivity index (χ4n) is 6.45. The Balaban J connectivity index is 3.66. The molecule has 4 N–H and O–H groups in total. The molecule has 0 amide bonds. The summed E-state index contributed by atoms with van der Waals surface area (Å²) in [5, 5.41) is 40.2. The minimum atomic E-state index is -1.09. The SMILES string of the molecule is CCCCC[C@@H](O)/C=C/C=C\C=C\C=C\[C@@H](O)[C@H](O)CCCC(=O)OC[C@H](O)COC(=O)CCCCCCCCCCCCCCCCCCCCC(C)CC. The highest BCUT2D eigenvalue weighted by atomic mass is 16.6. The van der Waals surface area contributed by atoms with Crippen molar-refractivity contribution in [3.63, 3.8) is 0 Å². The molecule has 0 rings (SSSR count). The van der Waals surface area contributed by atoms with Gasteiger partial charge in [-0.2, -0.15) is 0 Å². The molecule has 56 heavy (non-hydrogen) atoms. The van der Waals surface area contributed by atoms with E-state index in [0.29, 0.717) is 12.8 Å². The van der Waals surface area contributed by atoms with E-state index >= 15 is 0 Å². The fraction of sp³-hybridized carbons (Fsp3) is 0.792. The Morgan fingerprint density at radius 1 is 0.482 bits per heavy atom. The zero-order chi connectivity index (χ0) is 41.3. The molecule has 0 aromatic heterocycles. The van der Waals surface area contributed by atoms with Crippen LogP contribution in [0.5, 0.6) is 0 Å². The predicted molar refractivity (Wildman–Crippen MR) is 232 cm³/mol. The number of unbranched alkanes of at least 4 members (excludes halogenated alkanes) is 19. The first-order valence-corrected chi connectivity index (χ1v) is 22.9. The number of carbonyl (C=O) groups excluding carboxylic acids is 2. The lowest BCUT2D eigenvalue weighted by molar-refractivity contribution is -0.152. The average Bonchev–Trinajstić information content (AvgIpc) is 3.19. The molecule has 0 aliphatic carbocycles. The number of esters is 2. The van der Waals surface area contributed by atoms with Crippen LogP contribution < -0.4 is 0 Å². The van der Waals surface area contributed by atoms with E-state index in [1.807, 2.05) is 6.08 Å². The Bertz CT molecular complexity index is 1010. The largest absolute Gasteiger partial charge is 0.463 e. The van der Waals surface area contributed by atoms with Crippen LogP contribution in [0.3, 0.4) is 0 Å². The van der Waals surface area contributed by atoms with Crippen LogP contribution in [0.2, 0.25) is 0 Å². The minimum Gasteiger partial charge on any atom is -0.463 e. The van der Waals surface area contributed by atoms with Crippen LogP contribution in [0, 0.1) is 5.92 Å². The van der Waals surface area contributed by atoms with Crippen molar-refractivity contribution < 1.29 is 39.5 Å². The van der Waals surface area contributed by atoms with Crippen molar-refractivity contribution in [3.05, 3.63) is 48.6 Å². The summed E-state index contributed by atoms with van der Waals surface area (Å²) in [6.45, 7) is 6.31. The number of hydrogen-bond acceptors (Lipinski definition) is 8. The first-order valence-electron chi connectivity index (χ1n) is 22.9. The lowest BCUT2D eigenvalue weighted by atomic mass is 9.99. The van der Waals surface area contributed by atoms with Crippen molar-refractivity contribution in [2.45, 2.75) is 225 Å². The summed E-state index contributed by atoms with van der Waals surface area (Å²) in [4.78, 5) is 24.1. The summed E-state index contributed by atoms with van der Waals surface area (Å²) in [5.41, 5.74) is 0. The Morgan fingerprint density at radius 2 is 0.893 bits per heavy atom. The van der Waals surface area contributed by atoms with E-state index in [4.69, 9.17) is 9.47 Å². The second-order valence-electron chi connectivity index (χ2n) is 16.0. The van der Waals surface area contributed by atoms with Gasteiger partial charge < -0.3 is 29.9 Å². The number of aliphatic hydroxyl groups excluding tert-OH is 4. The zero-order valence-electron chi connectivity index (χ0n) is 36.1. The number of rotatable bonds is 40. The van der Waals surface area contributed by atoms with Gasteiger partial charge in [0.05, 0.1) is 18.3 Å². The molecule has 0 spiro atoms. The lowest BCUT2D eigenvalue weighted by Gasteiger charge is -2.14. The molecule has 0 heterocycles. The Kier molecular flexibility index (Phi) is 39.3. The van der Waals surface area contributed by atoms with Crippen LogP contribution in [0.1, 0.15) is 201 Å². The maximum atomic E-state index is 12.0. The normalized spacial score (nSPS) is 14.9. The maximum absolute atomic E-state index is 12.0. The lowest BCUT2D eigenvalue weighted by Crippen LogP contribution is -2.26. The standard InChI is InChI=1S/C48H86O8/c1-4-6-27-34-43(49)35-29-24-21-22-25-30-36-45(51)46(52)37-32-39-48(54)56-41-44(50)40-55-47(53)38-31-26-20-18-16-14-12-10-8-7-9-11-13-15-17-19-23-28-33-42(3)5-2/h21-22,24-25,29-30,35-36,42-46,49-52H,4-20,23,26-28,31-34,37-41H2,1-3H3/b24-21-,25-22+,35-29+,36-30+/t42?,43-,44-,45-,46-/m1/s1. The highest BCUT2D eigenvalue weighted by Crippen LogP contribution is 2.17. The predicted octanol–water partition coefficient (Wildman–Crippen LogP) is 11.3. The van der Waals surface area contributed by atoms with Gasteiger partial charge in [0.1, 0.15) is 19.3 Å². The molecular weight excluding hydrogens is 705 g/mol. The zero-order valence-corrected chi connectivity index (χ0v) is 36.1. The number of hydrogen-bond donors (Lipinski definition) is 4. The molecule has 0 aliphatic rings. The van der Waals surface area contributed by atoms with Gasteiger partial charge in [0.15, 0.2) is 0 Å². The average molecular weight is 791 g/mol. The maximum Gasteiger partial charge on any atom is 0.305 e. The molecule has 0 radical (unpaired) electrons. The Labute approximate surface area is 343 Å². The van der Waals surface area contributed by atoms with Gasteiger partial charge in [-0.15, -0.1) is 0 Å². The van der Waals surface area contributed by atoms with Crippen molar-refractivity contribution in [1.82, 2.24) is 0 Å². The summed E-state index contributed by atoms with van der Waals surface area (Å²) in [6.07, 6.45) is 41.2. The molecule has 5 atom stereocenters. The number of ether oxygens (including phenoxy) is 2. The molecule has 0 aliphatic heterocycles. The van der Waals surface area contributed by atoms with Crippen molar-refractivity contribution in [3.8, 4) is 0 Å². The van der Waals surface area contributed by atoms with E-state index in [9.17, 15) is 30.0 Å². The first-order chi connectivity index (χ1) is 27.2. The second kappa shape index (κ2) is 40.9. The third-order valence-electron chi connectivity index (χ3n) is 10.5. The van der Waals surface area contributed by atoms with Gasteiger partial charge in [0.25, 0.3) is 0 Å². The van der Waals surface area contributed by atoms with Crippen LogP contribution in [-0.4, -0.2) is 70.0 Å². The third kappa shape index (κ3) is 38.6. The molecule has 0 saturated carbocycles. The van der Waals surface area contributed by atoms with Crippen molar-refractivity contribution in [1.29, 1.82) is 0 Å². The molecule has 0 fully saturated rings. The number of aliphatic hydroxyl groups is 4. The molecule has 0 aromatic rings. The number of allylic oxidation sites excluding steroid dienone is 6. The second-order valence-corrected chi connectivity index (χ2v) is 16.0. The van der Waals surface area contributed by atoms with Gasteiger partial charge in [0.2, 0.25) is 0 Å². The molecule has 326 valence electrons. The first kappa shape index (κ1) is 53.7. The van der Waals surface area contributed by atoms with E-state index in [2.05, 4.69) is 20.8 Å². The summed E-state index contributed by atoms with van der Waals surface area (Å²) in [6, 6.07) is 0. The third-order valence-corrected chi connectivity index (χ3v) is 10.5. The molecular formula is C48H86O8. The van der Waals surface area contributed by atoms with Gasteiger partial charge in [-0.25, -0.2) is 0 Å². The van der Waals surface area contributed by atoms with E-state index in [1.54, 1.807) is 36.5 Å². The van der Waals surface area contributed by atoms with Crippen LogP contribution in [-0.2, 0) is 19.1 Å². The fourth-order valence-corrected chi connectivity index (χ4v) is 6.45. The molecule has 8 nitrogen and oxygen atoms in total. The summed E-state index contributed by atoms with van der Waals surface area (Å²) in [7, 11) is 0. The molecule has 8 heteroatoms. The molecule has 0 bridgehead atoms.